The Bertz CT molecular complexity index is 442. The van der Waals surface area contributed by atoms with E-state index in [0.29, 0.717) is 5.56 Å². The van der Waals surface area contributed by atoms with E-state index in [9.17, 15) is 8.78 Å². The molecule has 1 unspecified atom stereocenters. The Balaban J connectivity index is 2.39. The van der Waals surface area contributed by atoms with E-state index in [1.54, 1.807) is 6.07 Å². The Labute approximate surface area is 113 Å². The maximum atomic E-state index is 14.1. The summed E-state index contributed by atoms with van der Waals surface area (Å²) < 4.78 is 27.2. The minimum atomic E-state index is -0.518. The molecule has 1 aliphatic carbocycles. The van der Waals surface area contributed by atoms with Gasteiger partial charge >= 0.3 is 0 Å². The number of hydrogen-bond acceptors (Lipinski definition) is 2. The zero-order valence-electron chi connectivity index (χ0n) is 11.8. The van der Waals surface area contributed by atoms with Gasteiger partial charge in [0, 0.05) is 29.6 Å². The van der Waals surface area contributed by atoms with Crippen molar-refractivity contribution >= 4 is 0 Å². The number of hydrogen-bond donors (Lipinski definition) is 1. The molecule has 0 saturated heterocycles. The van der Waals surface area contributed by atoms with Crippen LogP contribution in [0, 0.1) is 17.0 Å². The number of nitrogens with one attached hydrogen (secondary N) is 1. The molecule has 0 heterocycles. The second-order valence-electron chi connectivity index (χ2n) is 5.78. The van der Waals surface area contributed by atoms with E-state index < -0.39 is 11.6 Å². The highest BCUT2D eigenvalue weighted by Crippen LogP contribution is 2.52. The summed E-state index contributed by atoms with van der Waals surface area (Å²) in [5.41, 5.74) is 0.651. The molecule has 1 fully saturated rings. The average Bonchev–Trinajstić information content (AvgIpc) is 2.28. The second kappa shape index (κ2) is 5.55. The molecule has 1 aliphatic rings. The minimum Gasteiger partial charge on any atom is -0.319 e. The average molecular weight is 268 g/mol. The van der Waals surface area contributed by atoms with E-state index >= 15 is 0 Å². The molecule has 0 amide bonds. The lowest BCUT2D eigenvalue weighted by Gasteiger charge is -2.50. The van der Waals surface area contributed by atoms with E-state index in [2.05, 4.69) is 5.32 Å². The maximum absolute atomic E-state index is 14.1. The Hall–Kier alpha value is -1.00. The van der Waals surface area contributed by atoms with E-state index in [-0.39, 0.29) is 11.5 Å². The summed E-state index contributed by atoms with van der Waals surface area (Å²) in [6, 6.07) is 3.90. The van der Waals surface area contributed by atoms with E-state index in [4.69, 9.17) is 0 Å². The first-order valence-corrected chi connectivity index (χ1v) is 6.76. The van der Waals surface area contributed by atoms with Gasteiger partial charge in [0.1, 0.15) is 11.6 Å². The number of rotatable bonds is 5. The SMILES string of the molecule is CNCC1(C(c2ccc(F)cc2F)N(C)C)CCC1. The predicted molar refractivity (Wildman–Crippen MR) is 73.0 cm³/mol. The molecular weight excluding hydrogens is 246 g/mol. The maximum Gasteiger partial charge on any atom is 0.130 e. The van der Waals surface area contributed by atoms with Crippen LogP contribution in [0.5, 0.6) is 0 Å². The van der Waals surface area contributed by atoms with Gasteiger partial charge in [-0.05, 0) is 40.1 Å². The van der Waals surface area contributed by atoms with Crippen LogP contribution in [0.3, 0.4) is 0 Å². The van der Waals surface area contributed by atoms with Crippen molar-refractivity contribution in [1.82, 2.24) is 10.2 Å². The molecule has 0 radical (unpaired) electrons. The van der Waals surface area contributed by atoms with Crippen molar-refractivity contribution in [1.29, 1.82) is 0 Å². The molecule has 1 N–H and O–H groups in total. The molecule has 2 nitrogen and oxygen atoms in total. The molecule has 0 aromatic heterocycles. The van der Waals surface area contributed by atoms with Crippen LogP contribution in [0.1, 0.15) is 30.9 Å². The van der Waals surface area contributed by atoms with Crippen molar-refractivity contribution in [2.24, 2.45) is 5.41 Å². The van der Waals surface area contributed by atoms with Gasteiger partial charge < -0.3 is 10.2 Å². The fraction of sp³-hybridized carbons (Fsp3) is 0.600. The third-order valence-electron chi connectivity index (χ3n) is 4.23. The van der Waals surface area contributed by atoms with E-state index in [1.807, 2.05) is 26.0 Å². The van der Waals surface area contributed by atoms with Gasteiger partial charge in [-0.3, -0.25) is 0 Å². The van der Waals surface area contributed by atoms with Crippen LogP contribution >= 0.6 is 0 Å². The van der Waals surface area contributed by atoms with Crippen LogP contribution in [-0.4, -0.2) is 32.6 Å². The molecule has 1 aromatic carbocycles. The summed E-state index contributed by atoms with van der Waals surface area (Å²) in [7, 11) is 5.85. The molecule has 1 saturated carbocycles. The van der Waals surface area contributed by atoms with Crippen LogP contribution in [0.2, 0.25) is 0 Å². The number of benzene rings is 1. The van der Waals surface area contributed by atoms with Crippen molar-refractivity contribution in [3.8, 4) is 0 Å². The van der Waals surface area contributed by atoms with Crippen LogP contribution in [0.25, 0.3) is 0 Å². The summed E-state index contributed by atoms with van der Waals surface area (Å²) in [5, 5.41) is 3.22. The minimum absolute atomic E-state index is 0.0192. The highest BCUT2D eigenvalue weighted by Gasteiger charge is 2.46. The number of halogens is 2. The zero-order valence-corrected chi connectivity index (χ0v) is 11.8. The Morgan fingerprint density at radius 1 is 1.32 bits per heavy atom. The Morgan fingerprint density at radius 3 is 2.42 bits per heavy atom. The summed E-state index contributed by atoms with van der Waals surface area (Å²) >= 11 is 0. The fourth-order valence-electron chi connectivity index (χ4n) is 3.41. The van der Waals surface area contributed by atoms with Gasteiger partial charge in [-0.1, -0.05) is 12.5 Å². The standard InChI is InChI=1S/C15H22F2N2/c1-18-10-15(7-4-8-15)14(19(2)3)12-6-5-11(16)9-13(12)17/h5-6,9,14,18H,4,7-8,10H2,1-3H3. The van der Waals surface area contributed by atoms with Crippen molar-refractivity contribution in [3.05, 3.63) is 35.4 Å². The van der Waals surface area contributed by atoms with Gasteiger partial charge in [0.2, 0.25) is 0 Å². The predicted octanol–water partition coefficient (Wildman–Crippen LogP) is 2.96. The lowest BCUT2D eigenvalue weighted by molar-refractivity contribution is 0.0196. The van der Waals surface area contributed by atoms with Gasteiger partial charge in [0.25, 0.3) is 0 Å². The van der Waals surface area contributed by atoms with Gasteiger partial charge in [0.05, 0.1) is 0 Å². The normalized spacial score (nSPS) is 19.3. The molecule has 4 heteroatoms. The smallest absolute Gasteiger partial charge is 0.130 e. The molecule has 1 aromatic rings. The zero-order chi connectivity index (χ0) is 14.0. The first-order valence-electron chi connectivity index (χ1n) is 6.76. The first-order chi connectivity index (χ1) is 9.00. The summed E-state index contributed by atoms with van der Waals surface area (Å²) in [4.78, 5) is 2.05. The van der Waals surface area contributed by atoms with Crippen LogP contribution < -0.4 is 5.32 Å². The van der Waals surface area contributed by atoms with Gasteiger partial charge in [-0.25, -0.2) is 8.78 Å². The molecule has 0 bridgehead atoms. The van der Waals surface area contributed by atoms with Crippen molar-refractivity contribution < 1.29 is 8.78 Å². The molecule has 1 atom stereocenters. The molecule has 0 aliphatic heterocycles. The van der Waals surface area contributed by atoms with Gasteiger partial charge in [0.15, 0.2) is 0 Å². The second-order valence-corrected chi connectivity index (χ2v) is 5.78. The van der Waals surface area contributed by atoms with Gasteiger partial charge in [-0.2, -0.15) is 0 Å². The lowest BCUT2D eigenvalue weighted by atomic mass is 9.62. The molecule has 106 valence electrons. The Morgan fingerprint density at radius 2 is 2.00 bits per heavy atom. The third kappa shape index (κ3) is 2.65. The van der Waals surface area contributed by atoms with Crippen LogP contribution in [0.15, 0.2) is 18.2 Å². The highest BCUT2D eigenvalue weighted by molar-refractivity contribution is 5.25. The monoisotopic (exact) mass is 268 g/mol. The highest BCUT2D eigenvalue weighted by atomic mass is 19.1. The summed E-state index contributed by atoms with van der Waals surface area (Å²) in [6.45, 7) is 0.854. The largest absolute Gasteiger partial charge is 0.319 e. The molecule has 19 heavy (non-hydrogen) atoms. The van der Waals surface area contributed by atoms with Gasteiger partial charge in [-0.15, -0.1) is 0 Å². The fourth-order valence-corrected chi connectivity index (χ4v) is 3.41. The summed E-state index contributed by atoms with van der Waals surface area (Å²) in [5.74, 6) is -0.962. The molecule has 0 spiro atoms. The van der Waals surface area contributed by atoms with Crippen LogP contribution in [-0.2, 0) is 0 Å². The first kappa shape index (κ1) is 14.4. The molecule has 2 rings (SSSR count). The quantitative estimate of drug-likeness (QED) is 0.883. The van der Waals surface area contributed by atoms with Crippen molar-refractivity contribution in [3.63, 3.8) is 0 Å². The number of nitrogens with zero attached hydrogens (tertiary/aromatic N) is 1. The van der Waals surface area contributed by atoms with Crippen LogP contribution in [0.4, 0.5) is 8.78 Å². The van der Waals surface area contributed by atoms with E-state index in [0.717, 1.165) is 25.5 Å². The summed E-state index contributed by atoms with van der Waals surface area (Å²) in [6.07, 6.45) is 3.33. The Kier molecular flexibility index (Phi) is 4.21. The van der Waals surface area contributed by atoms with E-state index in [1.165, 1.54) is 12.5 Å². The van der Waals surface area contributed by atoms with Crippen molar-refractivity contribution in [2.45, 2.75) is 25.3 Å². The molecular formula is C15H22F2N2. The third-order valence-corrected chi connectivity index (χ3v) is 4.23. The lowest BCUT2D eigenvalue weighted by Crippen LogP contribution is -2.48. The van der Waals surface area contributed by atoms with Crippen molar-refractivity contribution in [2.75, 3.05) is 27.7 Å². The topological polar surface area (TPSA) is 15.3 Å².